The second-order valence-corrected chi connectivity index (χ2v) is 7.47. The number of ether oxygens (including phenoxy) is 1. The third-order valence-electron chi connectivity index (χ3n) is 5.46. The lowest BCUT2D eigenvalue weighted by Crippen LogP contribution is -2.36. The number of halogens is 3. The summed E-state index contributed by atoms with van der Waals surface area (Å²) in [7, 11) is 0. The molecule has 2 atom stereocenters. The Hall–Kier alpha value is -1.60. The van der Waals surface area contributed by atoms with Crippen LogP contribution in [0.5, 0.6) is 0 Å². The number of fused-ring (bicyclic) bond motifs is 3. The molecular formula is C18H21F3N2O2. The van der Waals surface area contributed by atoms with Crippen molar-refractivity contribution in [3.8, 4) is 0 Å². The minimum Gasteiger partial charge on any atom is -0.375 e. The minimum atomic E-state index is -4.46. The van der Waals surface area contributed by atoms with E-state index in [1.165, 1.54) is 11.0 Å². The standard InChI is InChI=1S/C18H21F3N2O2/c1-10(2)23-8-15-14(17(23)24)3-11(4-16(15)18(19,20)21)6-22-7-13-5-12(22)9-25-13/h3-4,10,12-13H,5-9H2,1-2H3. The summed E-state index contributed by atoms with van der Waals surface area (Å²) in [5, 5.41) is 0. The van der Waals surface area contributed by atoms with E-state index < -0.39 is 11.7 Å². The van der Waals surface area contributed by atoms with Crippen molar-refractivity contribution in [3.63, 3.8) is 0 Å². The van der Waals surface area contributed by atoms with Crippen molar-refractivity contribution in [3.05, 3.63) is 34.4 Å². The van der Waals surface area contributed by atoms with Crippen LogP contribution in [-0.2, 0) is 24.0 Å². The van der Waals surface area contributed by atoms with Gasteiger partial charge in [-0.3, -0.25) is 9.69 Å². The topological polar surface area (TPSA) is 32.8 Å². The highest BCUT2D eigenvalue weighted by atomic mass is 19.4. The predicted octanol–water partition coefficient (Wildman–Crippen LogP) is 3.04. The van der Waals surface area contributed by atoms with Crippen molar-refractivity contribution in [1.82, 2.24) is 9.80 Å². The lowest BCUT2D eigenvalue weighted by molar-refractivity contribution is -0.138. The summed E-state index contributed by atoms with van der Waals surface area (Å²) >= 11 is 0. The van der Waals surface area contributed by atoms with Gasteiger partial charge in [0.05, 0.1) is 18.3 Å². The van der Waals surface area contributed by atoms with Crippen molar-refractivity contribution < 1.29 is 22.7 Å². The zero-order chi connectivity index (χ0) is 17.9. The van der Waals surface area contributed by atoms with Gasteiger partial charge in [-0.25, -0.2) is 0 Å². The molecule has 136 valence electrons. The summed E-state index contributed by atoms with van der Waals surface area (Å²) in [5.74, 6) is -0.302. The molecular weight excluding hydrogens is 333 g/mol. The largest absolute Gasteiger partial charge is 0.416 e. The molecule has 3 heterocycles. The monoisotopic (exact) mass is 354 g/mol. The Morgan fingerprint density at radius 1 is 1.32 bits per heavy atom. The second kappa shape index (κ2) is 5.71. The van der Waals surface area contributed by atoms with Gasteiger partial charge in [0.1, 0.15) is 0 Å². The molecule has 1 aromatic rings. The van der Waals surface area contributed by atoms with Gasteiger partial charge in [0.2, 0.25) is 0 Å². The number of alkyl halides is 3. The number of rotatable bonds is 3. The molecule has 25 heavy (non-hydrogen) atoms. The molecule has 1 aromatic carbocycles. The number of likely N-dealkylation sites (tertiary alicyclic amines) is 1. The molecule has 1 amide bonds. The van der Waals surface area contributed by atoms with Crippen LogP contribution in [0.2, 0.25) is 0 Å². The van der Waals surface area contributed by atoms with Crippen LogP contribution in [0.4, 0.5) is 13.2 Å². The van der Waals surface area contributed by atoms with Gasteiger partial charge in [-0.1, -0.05) is 0 Å². The molecule has 0 spiro atoms. The van der Waals surface area contributed by atoms with Crippen LogP contribution < -0.4 is 0 Å². The molecule has 0 radical (unpaired) electrons. The van der Waals surface area contributed by atoms with Crippen molar-refractivity contribution in [2.24, 2.45) is 0 Å². The Morgan fingerprint density at radius 3 is 2.64 bits per heavy atom. The molecule has 4 nitrogen and oxygen atoms in total. The molecule has 2 unspecified atom stereocenters. The summed E-state index contributed by atoms with van der Waals surface area (Å²) < 4.78 is 46.3. The SMILES string of the molecule is CC(C)N1Cc2c(cc(CN3CC4CC3CO4)cc2C(F)(F)F)C1=O. The van der Waals surface area contributed by atoms with Crippen LogP contribution >= 0.6 is 0 Å². The van der Waals surface area contributed by atoms with Crippen molar-refractivity contribution >= 4 is 5.91 Å². The number of benzene rings is 1. The molecule has 3 aliphatic heterocycles. The van der Waals surface area contributed by atoms with Crippen LogP contribution in [0.25, 0.3) is 0 Å². The fourth-order valence-electron chi connectivity index (χ4n) is 4.16. The molecule has 2 saturated heterocycles. The summed E-state index contributed by atoms with van der Waals surface area (Å²) in [4.78, 5) is 16.2. The van der Waals surface area contributed by atoms with Gasteiger partial charge in [0.25, 0.3) is 5.91 Å². The van der Waals surface area contributed by atoms with E-state index in [-0.39, 0.29) is 41.8 Å². The Labute approximate surface area is 144 Å². The normalized spacial score (nSPS) is 26.2. The molecule has 0 aliphatic carbocycles. The first-order chi connectivity index (χ1) is 11.7. The smallest absolute Gasteiger partial charge is 0.375 e. The van der Waals surface area contributed by atoms with Gasteiger partial charge in [0, 0.05) is 37.3 Å². The summed E-state index contributed by atoms with van der Waals surface area (Å²) in [6, 6.07) is 3.02. The first-order valence-corrected chi connectivity index (χ1v) is 8.63. The molecule has 3 aliphatic rings. The van der Waals surface area contributed by atoms with E-state index in [4.69, 9.17) is 4.74 Å². The Bertz CT molecular complexity index is 717. The van der Waals surface area contributed by atoms with Gasteiger partial charge >= 0.3 is 6.18 Å². The summed E-state index contributed by atoms with van der Waals surface area (Å²) in [5.41, 5.74) is 0.204. The van der Waals surface area contributed by atoms with Crippen LogP contribution in [0.3, 0.4) is 0 Å². The van der Waals surface area contributed by atoms with E-state index in [0.717, 1.165) is 13.0 Å². The third-order valence-corrected chi connectivity index (χ3v) is 5.46. The van der Waals surface area contributed by atoms with E-state index in [1.54, 1.807) is 6.07 Å². The van der Waals surface area contributed by atoms with Crippen molar-refractivity contribution in [2.45, 2.75) is 57.7 Å². The average Bonchev–Trinajstić information content (AvgIpc) is 3.21. The molecule has 4 rings (SSSR count). The zero-order valence-electron chi connectivity index (χ0n) is 14.3. The molecule has 2 bridgehead atoms. The highest BCUT2D eigenvalue weighted by Crippen LogP contribution is 2.39. The maximum atomic E-state index is 13.6. The molecule has 0 saturated carbocycles. The van der Waals surface area contributed by atoms with Crippen LogP contribution in [-0.4, -0.2) is 47.0 Å². The van der Waals surface area contributed by atoms with E-state index >= 15 is 0 Å². The average molecular weight is 354 g/mol. The van der Waals surface area contributed by atoms with Crippen LogP contribution in [0.1, 0.15) is 47.3 Å². The van der Waals surface area contributed by atoms with E-state index in [1.807, 2.05) is 13.8 Å². The quantitative estimate of drug-likeness (QED) is 0.836. The van der Waals surface area contributed by atoms with Crippen molar-refractivity contribution in [2.75, 3.05) is 13.2 Å². The lowest BCUT2D eigenvalue weighted by Gasteiger charge is -2.27. The number of carbonyl (C=O) groups is 1. The second-order valence-electron chi connectivity index (χ2n) is 7.47. The van der Waals surface area contributed by atoms with Crippen LogP contribution in [0, 0.1) is 0 Å². The molecule has 2 fully saturated rings. The highest BCUT2D eigenvalue weighted by Gasteiger charge is 2.42. The zero-order valence-corrected chi connectivity index (χ0v) is 14.3. The first kappa shape index (κ1) is 16.8. The lowest BCUT2D eigenvalue weighted by atomic mass is 9.98. The Balaban J connectivity index is 1.69. The number of nitrogens with zero attached hydrogens (tertiary/aromatic N) is 2. The fourth-order valence-corrected chi connectivity index (χ4v) is 4.16. The van der Waals surface area contributed by atoms with Gasteiger partial charge < -0.3 is 9.64 Å². The fraction of sp³-hybridized carbons (Fsp3) is 0.611. The van der Waals surface area contributed by atoms with E-state index in [0.29, 0.717) is 18.7 Å². The maximum absolute atomic E-state index is 13.6. The van der Waals surface area contributed by atoms with Crippen LogP contribution in [0.15, 0.2) is 12.1 Å². The number of carbonyl (C=O) groups excluding carboxylic acids is 1. The molecule has 7 heteroatoms. The Morgan fingerprint density at radius 2 is 2.08 bits per heavy atom. The van der Waals surface area contributed by atoms with Gasteiger partial charge in [-0.2, -0.15) is 13.2 Å². The highest BCUT2D eigenvalue weighted by molar-refractivity contribution is 5.99. The molecule has 0 aromatic heterocycles. The summed E-state index contributed by atoms with van der Waals surface area (Å²) in [6.45, 7) is 5.48. The number of hydrogen-bond donors (Lipinski definition) is 0. The van der Waals surface area contributed by atoms with E-state index in [9.17, 15) is 18.0 Å². The predicted molar refractivity (Wildman–Crippen MR) is 85.0 cm³/mol. The number of amides is 1. The first-order valence-electron chi connectivity index (χ1n) is 8.63. The Kier molecular flexibility index (Phi) is 3.85. The number of morpholine rings is 1. The van der Waals surface area contributed by atoms with E-state index in [2.05, 4.69) is 4.90 Å². The number of hydrogen-bond acceptors (Lipinski definition) is 3. The maximum Gasteiger partial charge on any atom is 0.416 e. The summed E-state index contributed by atoms with van der Waals surface area (Å²) in [6.07, 6.45) is -3.32. The van der Waals surface area contributed by atoms with Gasteiger partial charge in [-0.15, -0.1) is 0 Å². The minimum absolute atomic E-state index is 0.0310. The molecule has 0 N–H and O–H groups in total. The van der Waals surface area contributed by atoms with Gasteiger partial charge in [0.15, 0.2) is 0 Å². The van der Waals surface area contributed by atoms with Gasteiger partial charge in [-0.05, 0) is 43.5 Å². The third kappa shape index (κ3) is 2.83. The van der Waals surface area contributed by atoms with Crippen molar-refractivity contribution in [1.29, 1.82) is 0 Å².